The third kappa shape index (κ3) is 5.41. The van der Waals surface area contributed by atoms with Crippen molar-refractivity contribution in [2.45, 2.75) is 39.3 Å². The summed E-state index contributed by atoms with van der Waals surface area (Å²) in [6.07, 6.45) is 1.63. The SMILES string of the molecule is CCC[SiH](OC(C)C)N(C)C. The lowest BCUT2D eigenvalue weighted by Crippen LogP contribution is -2.37. The van der Waals surface area contributed by atoms with Crippen LogP contribution >= 0.6 is 0 Å². The van der Waals surface area contributed by atoms with E-state index in [0.717, 1.165) is 0 Å². The summed E-state index contributed by atoms with van der Waals surface area (Å²) in [7, 11) is 3.21. The molecular weight excluding hydrogens is 154 g/mol. The van der Waals surface area contributed by atoms with E-state index in [4.69, 9.17) is 4.43 Å². The maximum absolute atomic E-state index is 5.82. The molecule has 0 amide bonds. The lowest BCUT2D eigenvalue weighted by Gasteiger charge is -2.24. The third-order valence-corrected chi connectivity index (χ3v) is 4.62. The molecule has 2 nitrogen and oxygen atoms in total. The summed E-state index contributed by atoms with van der Waals surface area (Å²) in [5, 5.41) is 0. The van der Waals surface area contributed by atoms with Crippen molar-refractivity contribution in [2.75, 3.05) is 14.1 Å². The van der Waals surface area contributed by atoms with Crippen LogP contribution in [0.25, 0.3) is 0 Å². The molecule has 0 spiro atoms. The van der Waals surface area contributed by atoms with Crippen LogP contribution in [-0.4, -0.2) is 34.0 Å². The second kappa shape index (κ2) is 5.74. The summed E-state index contributed by atoms with van der Waals surface area (Å²) in [6.45, 7) is 6.44. The Kier molecular flexibility index (Phi) is 5.82. The van der Waals surface area contributed by atoms with Crippen molar-refractivity contribution >= 4 is 9.20 Å². The van der Waals surface area contributed by atoms with Crippen LogP contribution in [-0.2, 0) is 4.43 Å². The molecule has 0 radical (unpaired) electrons. The first-order chi connectivity index (χ1) is 5.07. The molecule has 0 aromatic heterocycles. The molecule has 0 heterocycles. The molecule has 0 aromatic carbocycles. The van der Waals surface area contributed by atoms with Crippen LogP contribution in [0.15, 0.2) is 0 Å². The number of hydrogen-bond acceptors (Lipinski definition) is 2. The largest absolute Gasteiger partial charge is 0.403 e. The molecule has 0 saturated carbocycles. The molecule has 11 heavy (non-hydrogen) atoms. The predicted octanol–water partition coefficient (Wildman–Crippen LogP) is 1.60. The van der Waals surface area contributed by atoms with Crippen LogP contribution in [0.2, 0.25) is 6.04 Å². The average molecular weight is 175 g/mol. The standard InChI is InChI=1S/C8H21NOSi/c1-6-7-11(9(4)5)10-8(2)3/h8,11H,6-7H2,1-5H3. The number of rotatable bonds is 5. The lowest BCUT2D eigenvalue weighted by atomic mass is 10.5. The van der Waals surface area contributed by atoms with Gasteiger partial charge in [-0.3, -0.25) is 0 Å². The molecule has 68 valence electrons. The molecule has 0 aliphatic heterocycles. The first kappa shape index (κ1) is 11.1. The van der Waals surface area contributed by atoms with Gasteiger partial charge in [-0.25, -0.2) is 0 Å². The van der Waals surface area contributed by atoms with Gasteiger partial charge in [-0.15, -0.1) is 0 Å². The van der Waals surface area contributed by atoms with Gasteiger partial charge in [0.15, 0.2) is 0 Å². The van der Waals surface area contributed by atoms with Gasteiger partial charge < -0.3 is 8.99 Å². The highest BCUT2D eigenvalue weighted by Gasteiger charge is 2.14. The van der Waals surface area contributed by atoms with Crippen LogP contribution in [0.3, 0.4) is 0 Å². The zero-order valence-electron chi connectivity index (χ0n) is 8.42. The summed E-state index contributed by atoms with van der Waals surface area (Å²) in [5.74, 6) is 0. The van der Waals surface area contributed by atoms with E-state index in [9.17, 15) is 0 Å². The smallest absolute Gasteiger partial charge is 0.254 e. The molecule has 0 bridgehead atoms. The highest BCUT2D eigenvalue weighted by atomic mass is 28.3. The fourth-order valence-electron chi connectivity index (χ4n) is 1.01. The van der Waals surface area contributed by atoms with Crippen molar-refractivity contribution in [3.8, 4) is 0 Å². The Labute approximate surface area is 72.3 Å². The molecule has 0 fully saturated rings. The molecular formula is C8H21NOSi. The van der Waals surface area contributed by atoms with E-state index in [0.29, 0.717) is 6.10 Å². The van der Waals surface area contributed by atoms with E-state index < -0.39 is 9.20 Å². The Hall–Kier alpha value is 0.137. The van der Waals surface area contributed by atoms with E-state index >= 15 is 0 Å². The van der Waals surface area contributed by atoms with E-state index in [1.165, 1.54) is 12.5 Å². The van der Waals surface area contributed by atoms with E-state index in [1.54, 1.807) is 0 Å². The zero-order chi connectivity index (χ0) is 8.85. The summed E-state index contributed by atoms with van der Waals surface area (Å²) in [5.41, 5.74) is 0. The Morgan fingerprint density at radius 1 is 1.36 bits per heavy atom. The Morgan fingerprint density at radius 2 is 1.91 bits per heavy atom. The van der Waals surface area contributed by atoms with Gasteiger partial charge >= 0.3 is 0 Å². The fourth-order valence-corrected chi connectivity index (χ4v) is 3.03. The quantitative estimate of drug-likeness (QED) is 0.589. The first-order valence-electron chi connectivity index (χ1n) is 4.39. The zero-order valence-corrected chi connectivity index (χ0v) is 9.58. The van der Waals surface area contributed by atoms with Crippen molar-refractivity contribution in [2.24, 2.45) is 0 Å². The highest BCUT2D eigenvalue weighted by Crippen LogP contribution is 2.04. The molecule has 0 rings (SSSR count). The van der Waals surface area contributed by atoms with Gasteiger partial charge in [0.25, 0.3) is 9.20 Å². The molecule has 0 aliphatic rings. The minimum Gasteiger partial charge on any atom is -0.403 e. The lowest BCUT2D eigenvalue weighted by molar-refractivity contribution is 0.216. The van der Waals surface area contributed by atoms with E-state index in [2.05, 4.69) is 39.4 Å². The Balaban J connectivity index is 3.69. The molecule has 3 heteroatoms. The minimum atomic E-state index is -1.03. The molecule has 1 unspecified atom stereocenters. The van der Waals surface area contributed by atoms with Crippen LogP contribution in [0, 0.1) is 0 Å². The minimum absolute atomic E-state index is 0.389. The van der Waals surface area contributed by atoms with Crippen LogP contribution in [0.4, 0.5) is 0 Å². The van der Waals surface area contributed by atoms with Gasteiger partial charge in [0.2, 0.25) is 0 Å². The number of nitrogens with zero attached hydrogens (tertiary/aromatic N) is 1. The Bertz CT molecular complexity index is 96.1. The molecule has 0 N–H and O–H groups in total. The monoisotopic (exact) mass is 175 g/mol. The predicted molar refractivity (Wildman–Crippen MR) is 52.2 cm³/mol. The van der Waals surface area contributed by atoms with Gasteiger partial charge in [0, 0.05) is 6.10 Å². The Morgan fingerprint density at radius 3 is 2.18 bits per heavy atom. The number of hydrogen-bond donors (Lipinski definition) is 0. The molecule has 0 aliphatic carbocycles. The molecule has 0 saturated heterocycles. The highest BCUT2D eigenvalue weighted by molar-refractivity contribution is 6.48. The van der Waals surface area contributed by atoms with Crippen molar-refractivity contribution in [1.82, 2.24) is 4.57 Å². The van der Waals surface area contributed by atoms with Gasteiger partial charge in [-0.2, -0.15) is 0 Å². The maximum Gasteiger partial charge on any atom is 0.254 e. The van der Waals surface area contributed by atoms with Crippen molar-refractivity contribution in [1.29, 1.82) is 0 Å². The maximum atomic E-state index is 5.82. The average Bonchev–Trinajstić information content (AvgIpc) is 1.86. The normalized spacial score (nSPS) is 14.5. The van der Waals surface area contributed by atoms with Crippen LogP contribution in [0.1, 0.15) is 27.2 Å². The summed E-state index contributed by atoms with van der Waals surface area (Å²) < 4.78 is 8.08. The van der Waals surface area contributed by atoms with Gasteiger partial charge in [-0.1, -0.05) is 13.3 Å². The van der Waals surface area contributed by atoms with Crippen molar-refractivity contribution in [3.05, 3.63) is 0 Å². The fraction of sp³-hybridized carbons (Fsp3) is 1.00. The second-order valence-corrected chi connectivity index (χ2v) is 6.18. The molecule has 0 aromatic rings. The second-order valence-electron chi connectivity index (χ2n) is 3.39. The van der Waals surface area contributed by atoms with E-state index in [-0.39, 0.29) is 0 Å². The van der Waals surface area contributed by atoms with E-state index in [1.807, 2.05) is 0 Å². The van der Waals surface area contributed by atoms with Crippen LogP contribution < -0.4 is 0 Å². The van der Waals surface area contributed by atoms with Gasteiger partial charge in [0.05, 0.1) is 0 Å². The third-order valence-electron chi connectivity index (χ3n) is 1.54. The summed E-state index contributed by atoms with van der Waals surface area (Å²) >= 11 is 0. The van der Waals surface area contributed by atoms with Crippen molar-refractivity contribution in [3.63, 3.8) is 0 Å². The summed E-state index contributed by atoms with van der Waals surface area (Å²) in [4.78, 5) is 0. The van der Waals surface area contributed by atoms with Crippen molar-refractivity contribution < 1.29 is 4.43 Å². The van der Waals surface area contributed by atoms with Gasteiger partial charge in [-0.05, 0) is 34.0 Å². The topological polar surface area (TPSA) is 12.5 Å². The molecule has 1 atom stereocenters. The van der Waals surface area contributed by atoms with Crippen LogP contribution in [0.5, 0.6) is 0 Å². The summed E-state index contributed by atoms with van der Waals surface area (Å²) in [6, 6.07) is 1.26. The van der Waals surface area contributed by atoms with Gasteiger partial charge in [0.1, 0.15) is 0 Å². The first-order valence-corrected chi connectivity index (χ1v) is 6.20.